The number of likely N-dealkylation sites (tertiary alicyclic amines) is 1. The summed E-state index contributed by atoms with van der Waals surface area (Å²) < 4.78 is 0. The number of benzene rings is 2. The summed E-state index contributed by atoms with van der Waals surface area (Å²) >= 11 is 0. The molecule has 0 aliphatic carbocycles. The third kappa shape index (κ3) is 10.1. The predicted molar refractivity (Wildman–Crippen MR) is 162 cm³/mol. The minimum Gasteiger partial charge on any atom is -0.481 e. The zero-order chi connectivity index (χ0) is 32.2. The second-order valence-corrected chi connectivity index (χ2v) is 10.8. The van der Waals surface area contributed by atoms with Gasteiger partial charge in [0, 0.05) is 37.8 Å². The number of hydrogen-bond donors (Lipinski definition) is 6. The van der Waals surface area contributed by atoms with E-state index in [2.05, 4.69) is 26.5 Å². The molecule has 45 heavy (non-hydrogen) atoms. The van der Waals surface area contributed by atoms with Crippen molar-refractivity contribution < 1.29 is 34.2 Å². The normalized spacial score (nSPS) is 17.0. The van der Waals surface area contributed by atoms with Gasteiger partial charge in [-0.3, -0.25) is 29.6 Å². The van der Waals surface area contributed by atoms with Gasteiger partial charge in [0.05, 0.1) is 18.9 Å². The number of hydrogen-bond acceptors (Lipinski definition) is 7. The van der Waals surface area contributed by atoms with Gasteiger partial charge in [0.2, 0.25) is 17.7 Å². The van der Waals surface area contributed by atoms with Crippen LogP contribution in [0.5, 0.6) is 0 Å². The van der Waals surface area contributed by atoms with Crippen molar-refractivity contribution in [3.8, 4) is 0 Å². The second-order valence-electron chi connectivity index (χ2n) is 10.8. The van der Waals surface area contributed by atoms with Crippen LogP contribution in [0.25, 0.3) is 0 Å². The topological polar surface area (TPSA) is 190 Å². The highest BCUT2D eigenvalue weighted by Gasteiger charge is 2.40. The first kappa shape index (κ1) is 32.6. The standard InChI is InChI=1S/C32H36N6O7/c39-25-18-27(38(20-25)32(45)37-36-28(40)16-22-10-5-2-6-11-22)31(44)35-26(15-23-12-7-13-33-19-23)30(43)34-24(17-29(41)42)14-21-8-3-1-4-9-21/h1-13,19,24-27,39H,14-18,20H2,(H,34,43)(H,35,44)(H,36,40)(H,37,45)(H,41,42)/t24-,25+,26-,27-/m0/s1. The number of urea groups is 1. The fourth-order valence-electron chi connectivity index (χ4n) is 5.12. The quantitative estimate of drug-likeness (QED) is 0.161. The summed E-state index contributed by atoms with van der Waals surface area (Å²) in [7, 11) is 0. The van der Waals surface area contributed by atoms with Crippen LogP contribution < -0.4 is 21.5 Å². The predicted octanol–water partition coefficient (Wildman–Crippen LogP) is 0.730. The Kier molecular flexibility index (Phi) is 11.6. The molecule has 0 saturated carbocycles. The fraction of sp³-hybridized carbons (Fsp3) is 0.312. The maximum Gasteiger partial charge on any atom is 0.336 e. The summed E-state index contributed by atoms with van der Waals surface area (Å²) in [6.07, 6.45) is 1.98. The number of carboxylic acid groups (broad SMARTS) is 1. The summed E-state index contributed by atoms with van der Waals surface area (Å²) in [6.45, 7) is -0.171. The summed E-state index contributed by atoms with van der Waals surface area (Å²) in [4.78, 5) is 69.1. The van der Waals surface area contributed by atoms with Gasteiger partial charge >= 0.3 is 12.0 Å². The van der Waals surface area contributed by atoms with E-state index in [4.69, 9.17) is 0 Å². The Hall–Kier alpha value is -5.30. The van der Waals surface area contributed by atoms with E-state index >= 15 is 0 Å². The van der Waals surface area contributed by atoms with Gasteiger partial charge in [-0.2, -0.15) is 0 Å². The van der Waals surface area contributed by atoms with E-state index < -0.39 is 54.0 Å². The molecule has 1 aromatic heterocycles. The highest BCUT2D eigenvalue weighted by atomic mass is 16.4. The van der Waals surface area contributed by atoms with Crippen molar-refractivity contribution in [1.82, 2.24) is 31.4 Å². The van der Waals surface area contributed by atoms with Gasteiger partial charge in [-0.25, -0.2) is 10.2 Å². The van der Waals surface area contributed by atoms with E-state index in [1.54, 1.807) is 48.8 Å². The van der Waals surface area contributed by atoms with Crippen molar-refractivity contribution in [1.29, 1.82) is 0 Å². The minimum absolute atomic E-state index is 0.0198. The molecule has 13 nitrogen and oxygen atoms in total. The monoisotopic (exact) mass is 616 g/mol. The number of carboxylic acids is 1. The van der Waals surface area contributed by atoms with Crippen LogP contribution in [-0.2, 0) is 38.4 Å². The van der Waals surface area contributed by atoms with Gasteiger partial charge < -0.3 is 25.7 Å². The first-order chi connectivity index (χ1) is 21.7. The summed E-state index contributed by atoms with van der Waals surface area (Å²) in [5.74, 6) is -2.88. The van der Waals surface area contributed by atoms with E-state index in [-0.39, 0.29) is 38.6 Å². The first-order valence-corrected chi connectivity index (χ1v) is 14.5. The van der Waals surface area contributed by atoms with Gasteiger partial charge in [-0.15, -0.1) is 0 Å². The lowest BCUT2D eigenvalue weighted by Gasteiger charge is -2.27. The fourth-order valence-corrected chi connectivity index (χ4v) is 5.12. The number of nitrogens with zero attached hydrogens (tertiary/aromatic N) is 2. The average molecular weight is 617 g/mol. The van der Waals surface area contributed by atoms with Crippen LogP contribution in [0.15, 0.2) is 85.2 Å². The number of aliphatic hydroxyl groups is 1. The van der Waals surface area contributed by atoms with E-state index in [1.165, 1.54) is 0 Å². The highest BCUT2D eigenvalue weighted by Crippen LogP contribution is 2.19. The smallest absolute Gasteiger partial charge is 0.336 e. The Bertz CT molecular complexity index is 1460. The molecule has 1 aliphatic rings. The molecule has 1 saturated heterocycles. The van der Waals surface area contributed by atoms with Gasteiger partial charge in [0.1, 0.15) is 12.1 Å². The van der Waals surface area contributed by atoms with Crippen molar-refractivity contribution in [2.45, 2.75) is 56.3 Å². The Balaban J connectivity index is 1.44. The number of amides is 5. The molecule has 1 aliphatic heterocycles. The molecule has 4 atom stereocenters. The molecule has 13 heteroatoms. The minimum atomic E-state index is -1.15. The molecule has 6 N–H and O–H groups in total. The van der Waals surface area contributed by atoms with E-state index in [9.17, 15) is 34.2 Å². The Morgan fingerprint density at radius 1 is 0.844 bits per heavy atom. The van der Waals surface area contributed by atoms with Gasteiger partial charge in [0.15, 0.2) is 0 Å². The molecule has 0 radical (unpaired) electrons. The van der Waals surface area contributed by atoms with E-state index in [0.29, 0.717) is 5.56 Å². The molecule has 4 rings (SSSR count). The number of carbonyl (C=O) groups is 5. The molecule has 0 spiro atoms. The van der Waals surface area contributed by atoms with Crippen LogP contribution in [0.2, 0.25) is 0 Å². The number of hydrazine groups is 1. The summed E-state index contributed by atoms with van der Waals surface area (Å²) in [5, 5.41) is 25.3. The van der Waals surface area contributed by atoms with Crippen LogP contribution in [0, 0.1) is 0 Å². The van der Waals surface area contributed by atoms with Crippen LogP contribution in [0.4, 0.5) is 4.79 Å². The number of β-amino-alcohol motifs (C(OH)–C–C–N with tert-alkyl or cyclic N) is 1. The molecular weight excluding hydrogens is 580 g/mol. The molecule has 2 aromatic carbocycles. The summed E-state index contributed by atoms with van der Waals surface area (Å²) in [6, 6.07) is 17.6. The van der Waals surface area contributed by atoms with Gasteiger partial charge in [0.25, 0.3) is 0 Å². The van der Waals surface area contributed by atoms with Crippen LogP contribution in [0.1, 0.15) is 29.5 Å². The number of aromatic nitrogens is 1. The molecule has 1 fully saturated rings. The lowest BCUT2D eigenvalue weighted by Crippen LogP contribution is -2.57. The molecule has 5 amide bonds. The zero-order valence-corrected chi connectivity index (χ0v) is 24.5. The average Bonchev–Trinajstić information content (AvgIpc) is 3.42. The molecule has 0 bridgehead atoms. The van der Waals surface area contributed by atoms with Crippen LogP contribution >= 0.6 is 0 Å². The molecule has 3 aromatic rings. The Morgan fingerprint density at radius 3 is 2.16 bits per heavy atom. The van der Waals surface area contributed by atoms with Crippen LogP contribution in [-0.4, -0.2) is 80.6 Å². The van der Waals surface area contributed by atoms with E-state index in [1.807, 2.05) is 36.4 Å². The van der Waals surface area contributed by atoms with Crippen LogP contribution in [0.3, 0.4) is 0 Å². The zero-order valence-electron chi connectivity index (χ0n) is 24.5. The Labute approximate surface area is 260 Å². The highest BCUT2D eigenvalue weighted by molar-refractivity contribution is 5.93. The summed E-state index contributed by atoms with van der Waals surface area (Å²) in [5.41, 5.74) is 6.81. The molecule has 2 heterocycles. The number of pyridine rings is 1. The maximum atomic E-state index is 13.6. The molecule has 0 unspecified atom stereocenters. The molecular formula is C32H36N6O7. The maximum absolute atomic E-state index is 13.6. The van der Waals surface area contributed by atoms with Crippen molar-refractivity contribution in [2.24, 2.45) is 0 Å². The number of rotatable bonds is 12. The lowest BCUT2D eigenvalue weighted by atomic mass is 10.0. The first-order valence-electron chi connectivity index (χ1n) is 14.5. The van der Waals surface area contributed by atoms with E-state index in [0.717, 1.165) is 16.0 Å². The number of nitrogens with one attached hydrogen (secondary N) is 4. The number of aliphatic carboxylic acids is 1. The Morgan fingerprint density at radius 2 is 1.51 bits per heavy atom. The second kappa shape index (κ2) is 16.0. The lowest BCUT2D eigenvalue weighted by molar-refractivity contribution is -0.138. The van der Waals surface area contributed by atoms with Crippen molar-refractivity contribution in [2.75, 3.05) is 6.54 Å². The van der Waals surface area contributed by atoms with Crippen molar-refractivity contribution in [3.63, 3.8) is 0 Å². The third-order valence-corrected chi connectivity index (χ3v) is 7.25. The molecule has 236 valence electrons. The van der Waals surface area contributed by atoms with Crippen molar-refractivity contribution >= 4 is 29.7 Å². The third-order valence-electron chi connectivity index (χ3n) is 7.25. The largest absolute Gasteiger partial charge is 0.481 e. The number of aliphatic hydroxyl groups excluding tert-OH is 1. The number of carbonyl (C=O) groups excluding carboxylic acids is 4. The van der Waals surface area contributed by atoms with Gasteiger partial charge in [-0.05, 0) is 29.2 Å². The van der Waals surface area contributed by atoms with Gasteiger partial charge in [-0.1, -0.05) is 66.7 Å². The SMILES string of the molecule is O=C(O)C[C@H](Cc1ccccc1)NC(=O)[C@H](Cc1cccnc1)NC(=O)[C@@H]1C[C@@H](O)CN1C(=O)NNC(=O)Cc1ccccc1. The van der Waals surface area contributed by atoms with Crippen molar-refractivity contribution in [3.05, 3.63) is 102 Å².